The molecule has 1 amide bonds. The third kappa shape index (κ3) is 6.11. The summed E-state index contributed by atoms with van der Waals surface area (Å²) in [4.78, 5) is 24.4. The van der Waals surface area contributed by atoms with Crippen LogP contribution >= 0.6 is 11.6 Å². The Kier molecular flexibility index (Phi) is 7.39. The minimum Gasteiger partial charge on any atom is -0.465 e. The fourth-order valence-electron chi connectivity index (χ4n) is 3.19. The number of methoxy groups -OCH3 is 1. The SMILES string of the molecule is COC(=O)c1cc(CNC(=O)Cn2nc(C)cc2C)cc(NS(=O)(=O)c2ccccc2Cl)c1. The van der Waals surface area contributed by atoms with Gasteiger partial charge in [0.05, 0.1) is 29.1 Å². The van der Waals surface area contributed by atoms with Gasteiger partial charge in [0.2, 0.25) is 5.91 Å². The number of halogens is 1. The molecule has 1 aromatic heterocycles. The molecular weight excluding hydrogens is 468 g/mol. The van der Waals surface area contributed by atoms with Crippen LogP contribution in [0.3, 0.4) is 0 Å². The van der Waals surface area contributed by atoms with Gasteiger partial charge in [-0.2, -0.15) is 5.10 Å². The maximum atomic E-state index is 12.8. The van der Waals surface area contributed by atoms with Crippen LogP contribution in [0.1, 0.15) is 27.3 Å². The van der Waals surface area contributed by atoms with Gasteiger partial charge in [-0.3, -0.25) is 14.2 Å². The lowest BCUT2D eigenvalue weighted by atomic mass is 10.1. The summed E-state index contributed by atoms with van der Waals surface area (Å²) < 4.78 is 34.4. The normalized spacial score (nSPS) is 11.2. The molecule has 3 aromatic rings. The summed E-state index contributed by atoms with van der Waals surface area (Å²) in [6, 6.07) is 12.2. The van der Waals surface area contributed by atoms with Crippen LogP contribution in [0, 0.1) is 13.8 Å². The van der Waals surface area contributed by atoms with E-state index in [0.717, 1.165) is 11.4 Å². The monoisotopic (exact) mass is 490 g/mol. The molecule has 0 spiro atoms. The molecule has 0 atom stereocenters. The number of amides is 1. The predicted molar refractivity (Wildman–Crippen MR) is 124 cm³/mol. The van der Waals surface area contributed by atoms with Crippen LogP contribution in [-0.2, 0) is 32.6 Å². The Labute approximate surface area is 196 Å². The molecule has 0 aliphatic heterocycles. The number of ether oxygens (including phenoxy) is 1. The van der Waals surface area contributed by atoms with E-state index >= 15 is 0 Å². The lowest BCUT2D eigenvalue weighted by Crippen LogP contribution is -2.28. The molecule has 3 rings (SSSR count). The van der Waals surface area contributed by atoms with Crippen LogP contribution in [0.2, 0.25) is 5.02 Å². The number of rotatable bonds is 8. The summed E-state index contributed by atoms with van der Waals surface area (Å²) in [5.74, 6) is -0.938. The van der Waals surface area contributed by atoms with E-state index < -0.39 is 16.0 Å². The first kappa shape index (κ1) is 24.3. The number of hydrogen-bond donors (Lipinski definition) is 2. The summed E-state index contributed by atoms with van der Waals surface area (Å²) in [5.41, 5.74) is 2.41. The van der Waals surface area contributed by atoms with Crippen molar-refractivity contribution >= 4 is 39.2 Å². The van der Waals surface area contributed by atoms with Gasteiger partial charge in [0.25, 0.3) is 10.0 Å². The second-order valence-corrected chi connectivity index (χ2v) is 9.37. The first-order valence-electron chi connectivity index (χ1n) is 9.86. The third-order valence-corrected chi connectivity index (χ3v) is 6.56. The van der Waals surface area contributed by atoms with Crippen molar-refractivity contribution in [3.8, 4) is 0 Å². The Hall–Kier alpha value is -3.37. The largest absolute Gasteiger partial charge is 0.465 e. The average Bonchev–Trinajstić information content (AvgIpc) is 3.07. The van der Waals surface area contributed by atoms with E-state index in [1.165, 1.54) is 37.4 Å². The first-order chi connectivity index (χ1) is 15.6. The Morgan fingerprint density at radius 1 is 1.12 bits per heavy atom. The molecule has 2 aromatic carbocycles. The Morgan fingerprint density at radius 2 is 1.85 bits per heavy atom. The van der Waals surface area contributed by atoms with Crippen molar-refractivity contribution in [2.24, 2.45) is 0 Å². The van der Waals surface area contributed by atoms with Crippen molar-refractivity contribution in [1.82, 2.24) is 15.1 Å². The van der Waals surface area contributed by atoms with E-state index in [0.29, 0.717) is 5.56 Å². The summed E-state index contributed by atoms with van der Waals surface area (Å²) in [6.45, 7) is 3.78. The maximum absolute atomic E-state index is 12.8. The van der Waals surface area contributed by atoms with Crippen LogP contribution in [0.25, 0.3) is 0 Å². The van der Waals surface area contributed by atoms with Crippen molar-refractivity contribution in [1.29, 1.82) is 0 Å². The number of benzene rings is 2. The number of nitrogens with one attached hydrogen (secondary N) is 2. The van der Waals surface area contributed by atoms with E-state index in [1.54, 1.807) is 16.8 Å². The highest BCUT2D eigenvalue weighted by Crippen LogP contribution is 2.25. The lowest BCUT2D eigenvalue weighted by Gasteiger charge is -2.13. The van der Waals surface area contributed by atoms with Crippen LogP contribution in [-0.4, -0.2) is 37.2 Å². The van der Waals surface area contributed by atoms with Crippen molar-refractivity contribution in [3.63, 3.8) is 0 Å². The molecule has 174 valence electrons. The number of anilines is 1. The lowest BCUT2D eigenvalue weighted by molar-refractivity contribution is -0.122. The summed E-state index contributed by atoms with van der Waals surface area (Å²) in [5, 5.41) is 7.06. The minimum absolute atomic E-state index is 0.0301. The van der Waals surface area contributed by atoms with Crippen molar-refractivity contribution < 1.29 is 22.7 Å². The number of sulfonamides is 1. The van der Waals surface area contributed by atoms with Gasteiger partial charge in [0.1, 0.15) is 11.4 Å². The van der Waals surface area contributed by atoms with Gasteiger partial charge in [0.15, 0.2) is 0 Å². The van der Waals surface area contributed by atoms with E-state index in [2.05, 4.69) is 15.1 Å². The molecular formula is C22H23ClN4O5S. The molecule has 0 aliphatic carbocycles. The molecule has 0 aliphatic rings. The highest BCUT2D eigenvalue weighted by Gasteiger charge is 2.19. The molecule has 1 heterocycles. The van der Waals surface area contributed by atoms with Gasteiger partial charge in [-0.05, 0) is 55.8 Å². The van der Waals surface area contributed by atoms with E-state index in [9.17, 15) is 18.0 Å². The zero-order valence-electron chi connectivity index (χ0n) is 18.3. The average molecular weight is 491 g/mol. The van der Waals surface area contributed by atoms with Crippen LogP contribution in [0.5, 0.6) is 0 Å². The van der Waals surface area contributed by atoms with Gasteiger partial charge in [-0.25, -0.2) is 13.2 Å². The van der Waals surface area contributed by atoms with Gasteiger partial charge < -0.3 is 10.1 Å². The second kappa shape index (κ2) is 10.1. The molecule has 33 heavy (non-hydrogen) atoms. The van der Waals surface area contributed by atoms with E-state index in [4.69, 9.17) is 16.3 Å². The first-order valence-corrected chi connectivity index (χ1v) is 11.7. The molecule has 11 heteroatoms. The van der Waals surface area contributed by atoms with Gasteiger partial charge in [-0.15, -0.1) is 0 Å². The number of nitrogens with zero attached hydrogens (tertiary/aromatic N) is 2. The number of hydrogen-bond acceptors (Lipinski definition) is 6. The van der Waals surface area contributed by atoms with Gasteiger partial charge in [0, 0.05) is 12.2 Å². The topological polar surface area (TPSA) is 119 Å². The fourth-order valence-corrected chi connectivity index (χ4v) is 4.75. The van der Waals surface area contributed by atoms with Gasteiger partial charge in [-0.1, -0.05) is 23.7 Å². The number of carbonyl (C=O) groups excluding carboxylic acids is 2. The highest BCUT2D eigenvalue weighted by molar-refractivity contribution is 7.92. The molecule has 9 nitrogen and oxygen atoms in total. The Morgan fingerprint density at radius 3 is 2.48 bits per heavy atom. The van der Waals surface area contributed by atoms with Crippen LogP contribution < -0.4 is 10.0 Å². The highest BCUT2D eigenvalue weighted by atomic mass is 35.5. The molecule has 0 bridgehead atoms. The van der Waals surface area contributed by atoms with E-state index in [-0.39, 0.29) is 40.2 Å². The zero-order chi connectivity index (χ0) is 24.2. The smallest absolute Gasteiger partial charge is 0.337 e. The van der Waals surface area contributed by atoms with Gasteiger partial charge >= 0.3 is 5.97 Å². The Balaban J connectivity index is 1.81. The Bertz CT molecular complexity index is 1300. The molecule has 0 unspecified atom stereocenters. The standard InChI is InChI=1S/C22H23ClN4O5S/c1-14-8-15(2)27(25-14)13-21(28)24-12-16-9-17(22(29)32-3)11-18(10-16)26-33(30,31)20-7-5-4-6-19(20)23/h4-11,26H,12-13H2,1-3H3,(H,24,28). The quantitative estimate of drug-likeness (QED) is 0.468. The van der Waals surface area contributed by atoms with Crippen molar-refractivity contribution in [3.05, 3.63) is 76.1 Å². The molecule has 0 fully saturated rings. The fraction of sp³-hybridized carbons (Fsp3) is 0.227. The number of aryl methyl sites for hydroxylation is 2. The van der Waals surface area contributed by atoms with E-state index in [1.807, 2.05) is 19.9 Å². The minimum atomic E-state index is -4.02. The molecule has 2 N–H and O–H groups in total. The summed E-state index contributed by atoms with van der Waals surface area (Å²) in [7, 11) is -2.80. The molecule has 0 saturated carbocycles. The predicted octanol–water partition coefficient (Wildman–Crippen LogP) is 3.06. The summed E-state index contributed by atoms with van der Waals surface area (Å²) >= 11 is 6.03. The maximum Gasteiger partial charge on any atom is 0.337 e. The zero-order valence-corrected chi connectivity index (χ0v) is 19.8. The van der Waals surface area contributed by atoms with Crippen molar-refractivity contribution in [2.75, 3.05) is 11.8 Å². The van der Waals surface area contributed by atoms with Crippen LogP contribution in [0.4, 0.5) is 5.69 Å². The number of esters is 1. The van der Waals surface area contributed by atoms with Crippen molar-refractivity contribution in [2.45, 2.75) is 31.8 Å². The second-order valence-electron chi connectivity index (χ2n) is 7.31. The van der Waals surface area contributed by atoms with Crippen LogP contribution in [0.15, 0.2) is 53.4 Å². The summed E-state index contributed by atoms with van der Waals surface area (Å²) in [6.07, 6.45) is 0. The number of aromatic nitrogens is 2. The molecule has 0 saturated heterocycles. The third-order valence-electron chi connectivity index (χ3n) is 4.68. The molecule has 0 radical (unpaired) electrons. The number of carbonyl (C=O) groups is 2.